The van der Waals surface area contributed by atoms with Crippen molar-refractivity contribution < 1.29 is 32.6 Å². The predicted octanol–water partition coefficient (Wildman–Crippen LogP) is 7.62. The van der Waals surface area contributed by atoms with Crippen molar-refractivity contribution in [3.05, 3.63) is 83.4 Å². The van der Waals surface area contributed by atoms with Crippen LogP contribution in [0.15, 0.2) is 66.7 Å². The van der Waals surface area contributed by atoms with Crippen LogP contribution in [0.2, 0.25) is 0 Å². The molecule has 0 aliphatic heterocycles. The topological polar surface area (TPSA) is 73.9 Å². The van der Waals surface area contributed by atoms with Crippen molar-refractivity contribution >= 4 is 17.6 Å². The monoisotopic (exact) mass is 497 g/mol. The summed E-state index contributed by atoms with van der Waals surface area (Å²) < 4.78 is 42.3. The lowest BCUT2D eigenvalue weighted by atomic mass is 9.90. The van der Waals surface area contributed by atoms with Crippen molar-refractivity contribution in [3.8, 4) is 17.2 Å². The number of carbonyl (C=O) groups excluding carboxylic acids is 2. The molecule has 3 aromatic rings. The Morgan fingerprint density at radius 1 is 0.889 bits per heavy atom. The van der Waals surface area contributed by atoms with Gasteiger partial charge in [0.2, 0.25) is 0 Å². The van der Waals surface area contributed by atoms with Crippen LogP contribution >= 0.6 is 0 Å². The van der Waals surface area contributed by atoms with Crippen LogP contribution in [0.1, 0.15) is 48.7 Å². The Morgan fingerprint density at radius 3 is 2.14 bits per heavy atom. The van der Waals surface area contributed by atoms with Gasteiger partial charge in [-0.15, -0.1) is 0 Å². The van der Waals surface area contributed by atoms with Gasteiger partial charge in [-0.1, -0.05) is 51.1 Å². The van der Waals surface area contributed by atoms with Crippen LogP contribution < -0.4 is 14.8 Å². The number of halogens is 2. The summed E-state index contributed by atoms with van der Waals surface area (Å²) in [7, 11) is 0. The Labute approximate surface area is 209 Å². The molecule has 1 amide bonds. The third kappa shape index (κ3) is 7.04. The molecule has 0 fully saturated rings. The van der Waals surface area contributed by atoms with E-state index in [4.69, 9.17) is 14.2 Å². The molecule has 1 N–H and O–H groups in total. The molecule has 3 aromatic carbocycles. The molecule has 6 nitrogen and oxygen atoms in total. The summed E-state index contributed by atoms with van der Waals surface area (Å²) in [5.74, 6) is 0.366. The van der Waals surface area contributed by atoms with Gasteiger partial charge in [0.25, 0.3) is 0 Å². The number of ether oxygens (including phenoxy) is 3. The van der Waals surface area contributed by atoms with Crippen LogP contribution in [-0.2, 0) is 17.8 Å². The van der Waals surface area contributed by atoms with E-state index in [1.165, 1.54) is 6.07 Å². The number of hydrogen-bond acceptors (Lipinski definition) is 5. The summed E-state index contributed by atoms with van der Waals surface area (Å²) in [5.41, 5.74) is 1.35. The van der Waals surface area contributed by atoms with E-state index < -0.39 is 12.7 Å². The van der Waals surface area contributed by atoms with Gasteiger partial charge in [0, 0.05) is 17.2 Å². The van der Waals surface area contributed by atoms with Crippen molar-refractivity contribution in [1.82, 2.24) is 0 Å². The first-order chi connectivity index (χ1) is 17.3. The second-order valence-corrected chi connectivity index (χ2v) is 8.13. The highest BCUT2D eigenvalue weighted by Gasteiger charge is 2.26. The molecule has 0 saturated heterocycles. The summed E-state index contributed by atoms with van der Waals surface area (Å²) in [4.78, 5) is 25.3. The molecule has 0 bridgehead atoms. The first kappa shape index (κ1) is 26.7. The number of benzene rings is 3. The second kappa shape index (κ2) is 12.7. The molecule has 8 heteroatoms. The lowest BCUT2D eigenvalue weighted by Crippen LogP contribution is -2.19. The van der Waals surface area contributed by atoms with E-state index in [9.17, 15) is 18.4 Å². The molecule has 0 radical (unpaired) electrons. The Hall–Kier alpha value is -3.94. The number of carbonyl (C=O) groups is 2. The molecular formula is C28H29F2NO5. The SMILES string of the molecule is CCc1ccc(COC(=O)Nc2ccc(Oc3ccccc3)cc2)c(OC(F)F)c1C(=O)C(C)CC. The minimum Gasteiger partial charge on any atom is -0.457 e. The molecule has 3 rings (SSSR count). The van der Waals surface area contributed by atoms with Crippen molar-refractivity contribution in [3.63, 3.8) is 0 Å². The summed E-state index contributed by atoms with van der Waals surface area (Å²) >= 11 is 0. The number of alkyl halides is 2. The van der Waals surface area contributed by atoms with Gasteiger partial charge in [-0.2, -0.15) is 8.78 Å². The molecule has 0 aliphatic carbocycles. The lowest BCUT2D eigenvalue weighted by Gasteiger charge is -2.20. The Balaban J connectivity index is 1.71. The van der Waals surface area contributed by atoms with E-state index in [-0.39, 0.29) is 35.2 Å². The number of anilines is 1. The highest BCUT2D eigenvalue weighted by atomic mass is 19.3. The summed E-state index contributed by atoms with van der Waals surface area (Å²) in [5, 5.41) is 2.58. The molecule has 1 atom stereocenters. The second-order valence-electron chi connectivity index (χ2n) is 8.13. The van der Waals surface area contributed by atoms with Crippen LogP contribution in [0.4, 0.5) is 19.3 Å². The van der Waals surface area contributed by atoms with Gasteiger partial charge in [-0.3, -0.25) is 10.1 Å². The van der Waals surface area contributed by atoms with Crippen molar-refractivity contribution in [2.75, 3.05) is 5.32 Å². The van der Waals surface area contributed by atoms with Gasteiger partial charge in [0.15, 0.2) is 5.78 Å². The molecular weight excluding hydrogens is 468 g/mol. The lowest BCUT2D eigenvalue weighted by molar-refractivity contribution is -0.0513. The van der Waals surface area contributed by atoms with Crippen molar-refractivity contribution in [1.29, 1.82) is 0 Å². The zero-order valence-electron chi connectivity index (χ0n) is 20.4. The minimum atomic E-state index is -3.13. The third-order valence-corrected chi connectivity index (χ3v) is 5.66. The Morgan fingerprint density at radius 2 is 1.53 bits per heavy atom. The number of Topliss-reactive ketones (excluding diaryl/α,β-unsaturated/α-hetero) is 1. The van der Waals surface area contributed by atoms with E-state index in [2.05, 4.69) is 5.32 Å². The number of aryl methyl sites for hydroxylation is 1. The number of hydrogen-bond donors (Lipinski definition) is 1. The third-order valence-electron chi connectivity index (χ3n) is 5.66. The standard InChI is InChI=1S/C28H29F2NO5/c1-4-18(3)25(32)24-19(5-2)11-12-20(26(24)36-27(29)30)17-34-28(33)31-21-13-15-23(16-14-21)35-22-9-7-6-8-10-22/h6-16,18,27H,4-5,17H2,1-3H3,(H,31,33). The maximum absolute atomic E-state index is 13.3. The van der Waals surface area contributed by atoms with Gasteiger partial charge in [-0.25, -0.2) is 4.79 Å². The molecule has 0 aromatic heterocycles. The number of nitrogens with one attached hydrogen (secondary N) is 1. The van der Waals surface area contributed by atoms with E-state index >= 15 is 0 Å². The maximum Gasteiger partial charge on any atom is 0.411 e. The first-order valence-corrected chi connectivity index (χ1v) is 11.7. The number of ketones is 1. The number of rotatable bonds is 11. The van der Waals surface area contributed by atoms with Gasteiger partial charge >= 0.3 is 12.7 Å². The molecule has 0 aliphatic rings. The first-order valence-electron chi connectivity index (χ1n) is 11.7. The largest absolute Gasteiger partial charge is 0.457 e. The van der Waals surface area contributed by atoms with Crippen LogP contribution in [0.3, 0.4) is 0 Å². The van der Waals surface area contributed by atoms with E-state index in [1.54, 1.807) is 37.3 Å². The fraction of sp³-hybridized carbons (Fsp3) is 0.286. The van der Waals surface area contributed by atoms with Gasteiger partial charge in [0.05, 0.1) is 5.56 Å². The summed E-state index contributed by atoms with van der Waals surface area (Å²) in [6.07, 6.45) is 0.223. The normalized spacial score (nSPS) is 11.6. The van der Waals surface area contributed by atoms with Gasteiger partial charge in [-0.05, 0) is 54.8 Å². The zero-order chi connectivity index (χ0) is 26.1. The van der Waals surface area contributed by atoms with Crippen LogP contribution in [0.25, 0.3) is 0 Å². The molecule has 0 spiro atoms. The summed E-state index contributed by atoms with van der Waals surface area (Å²) in [6.45, 7) is 1.92. The molecule has 0 saturated carbocycles. The van der Waals surface area contributed by atoms with Crippen molar-refractivity contribution in [2.24, 2.45) is 5.92 Å². The molecule has 36 heavy (non-hydrogen) atoms. The van der Waals surface area contributed by atoms with Crippen molar-refractivity contribution in [2.45, 2.75) is 46.8 Å². The van der Waals surface area contributed by atoms with E-state index in [0.29, 0.717) is 35.6 Å². The zero-order valence-corrected chi connectivity index (χ0v) is 20.4. The van der Waals surface area contributed by atoms with Crippen LogP contribution in [0.5, 0.6) is 17.2 Å². The fourth-order valence-corrected chi connectivity index (χ4v) is 3.53. The molecule has 1 unspecified atom stereocenters. The summed E-state index contributed by atoms with van der Waals surface area (Å²) in [6, 6.07) is 19.1. The molecule has 0 heterocycles. The maximum atomic E-state index is 13.3. The fourth-order valence-electron chi connectivity index (χ4n) is 3.53. The number of para-hydroxylation sites is 1. The number of amides is 1. The average Bonchev–Trinajstić information content (AvgIpc) is 2.88. The highest BCUT2D eigenvalue weighted by molar-refractivity contribution is 6.02. The quantitative estimate of drug-likeness (QED) is 0.276. The van der Waals surface area contributed by atoms with E-state index in [0.717, 1.165) is 0 Å². The van der Waals surface area contributed by atoms with E-state index in [1.807, 2.05) is 44.2 Å². The smallest absolute Gasteiger partial charge is 0.411 e. The Bertz CT molecular complexity index is 1170. The van der Waals surface area contributed by atoms with Crippen LogP contribution in [-0.4, -0.2) is 18.5 Å². The minimum absolute atomic E-state index is 0.114. The predicted molar refractivity (Wildman–Crippen MR) is 133 cm³/mol. The Kier molecular flexibility index (Phi) is 9.39. The van der Waals surface area contributed by atoms with Gasteiger partial charge in [0.1, 0.15) is 23.9 Å². The average molecular weight is 498 g/mol. The van der Waals surface area contributed by atoms with Gasteiger partial charge < -0.3 is 14.2 Å². The highest BCUT2D eigenvalue weighted by Crippen LogP contribution is 2.33. The van der Waals surface area contributed by atoms with Crippen LogP contribution in [0, 0.1) is 5.92 Å². The molecule has 190 valence electrons.